The number of pyridine rings is 1. The highest BCUT2D eigenvalue weighted by molar-refractivity contribution is 7.06. The first-order valence-corrected chi connectivity index (χ1v) is 10.8. The first kappa shape index (κ1) is 21.6. The zero-order valence-corrected chi connectivity index (χ0v) is 18.0. The van der Waals surface area contributed by atoms with Gasteiger partial charge in [0.15, 0.2) is 5.78 Å². The van der Waals surface area contributed by atoms with Gasteiger partial charge in [-0.25, -0.2) is 9.37 Å². The Morgan fingerprint density at radius 3 is 2.78 bits per heavy atom. The van der Waals surface area contributed by atoms with Gasteiger partial charge >= 0.3 is 0 Å². The summed E-state index contributed by atoms with van der Waals surface area (Å²) in [4.78, 5) is 29.0. The van der Waals surface area contributed by atoms with Gasteiger partial charge in [0, 0.05) is 11.5 Å². The van der Waals surface area contributed by atoms with Crippen molar-refractivity contribution in [1.29, 1.82) is 5.26 Å². The maximum atomic E-state index is 14.4. The van der Waals surface area contributed by atoms with Crippen molar-refractivity contribution in [2.45, 2.75) is 25.9 Å². The second kappa shape index (κ2) is 9.24. The highest BCUT2D eigenvalue weighted by Gasteiger charge is 2.31. The topological polar surface area (TPSA) is 105 Å². The minimum Gasteiger partial charge on any atom is -0.484 e. The molecule has 0 saturated heterocycles. The lowest BCUT2D eigenvalue weighted by atomic mass is 10.1. The number of rotatable bonds is 8. The molecule has 9 heteroatoms. The molecule has 4 rings (SSSR count). The van der Waals surface area contributed by atoms with Gasteiger partial charge in [-0.15, -0.1) is 0 Å². The molecule has 1 atom stereocenters. The molecule has 32 heavy (non-hydrogen) atoms. The molecule has 1 aliphatic rings. The molecular weight excluding hydrogens is 431 g/mol. The molecular formula is C23H19FN4O3S. The molecule has 2 heterocycles. The van der Waals surface area contributed by atoms with Crippen LogP contribution < -0.4 is 10.1 Å². The van der Waals surface area contributed by atoms with E-state index in [4.69, 9.17) is 10.00 Å². The molecule has 162 valence electrons. The van der Waals surface area contributed by atoms with Crippen LogP contribution in [0.4, 0.5) is 4.39 Å². The number of nitrogens with one attached hydrogen (secondary N) is 1. The Bertz CT molecular complexity index is 1200. The van der Waals surface area contributed by atoms with Gasteiger partial charge in [-0.2, -0.15) is 9.64 Å². The Morgan fingerprint density at radius 1 is 1.31 bits per heavy atom. The fourth-order valence-corrected chi connectivity index (χ4v) is 3.83. The van der Waals surface area contributed by atoms with E-state index in [0.29, 0.717) is 22.7 Å². The van der Waals surface area contributed by atoms with Gasteiger partial charge in [-0.05, 0) is 61.6 Å². The molecule has 1 saturated carbocycles. The number of ketones is 1. The Morgan fingerprint density at radius 2 is 2.12 bits per heavy atom. The van der Waals surface area contributed by atoms with Crippen LogP contribution in [-0.4, -0.2) is 27.6 Å². The smallest absolute Gasteiger partial charge is 0.255 e. The van der Waals surface area contributed by atoms with E-state index in [1.807, 2.05) is 6.92 Å². The van der Waals surface area contributed by atoms with Crippen LogP contribution in [0.1, 0.15) is 51.6 Å². The normalized spacial score (nSPS) is 13.8. The Hall–Kier alpha value is -3.64. The van der Waals surface area contributed by atoms with E-state index in [-0.39, 0.29) is 29.9 Å². The molecule has 0 spiro atoms. The molecule has 7 nitrogen and oxygen atoms in total. The van der Waals surface area contributed by atoms with Gasteiger partial charge in [0.2, 0.25) is 0 Å². The highest BCUT2D eigenvalue weighted by atomic mass is 32.1. The lowest BCUT2D eigenvalue weighted by molar-refractivity contribution is 0.0949. The summed E-state index contributed by atoms with van der Waals surface area (Å²) in [7, 11) is 0. The molecule has 0 bridgehead atoms. The van der Waals surface area contributed by atoms with E-state index >= 15 is 0 Å². The number of Topliss-reactive ketones (excluding diaryl/α,β-unsaturated/α-hetero) is 1. The van der Waals surface area contributed by atoms with Crippen LogP contribution in [0.5, 0.6) is 5.75 Å². The minimum absolute atomic E-state index is 0.0810. The van der Waals surface area contributed by atoms with Crippen molar-refractivity contribution >= 4 is 23.2 Å². The molecule has 3 aromatic rings. The van der Waals surface area contributed by atoms with Gasteiger partial charge in [-0.3, -0.25) is 9.59 Å². The van der Waals surface area contributed by atoms with Crippen LogP contribution >= 0.6 is 11.5 Å². The maximum Gasteiger partial charge on any atom is 0.255 e. The number of amides is 1. The molecule has 0 aliphatic heterocycles. The standard InChI is InChI=1S/C23H19FN4O3S/c1-13(31-16-5-7-19(27-12-16)22(29)14-2-3-14)21-11-20(28-32-21)15-4-6-17(18(24)10-15)23(30)26-9-8-25/h4-7,10-14H,2-3,9H2,1H3,(H,26,30)/t13-/m1/s1. The number of halogens is 1. The van der Waals surface area contributed by atoms with Gasteiger partial charge in [0.05, 0.1) is 28.4 Å². The van der Waals surface area contributed by atoms with E-state index in [1.165, 1.54) is 23.7 Å². The molecule has 1 amide bonds. The molecule has 1 fully saturated rings. The second-order valence-corrected chi connectivity index (χ2v) is 8.26. The highest BCUT2D eigenvalue weighted by Crippen LogP contribution is 2.33. The second-order valence-electron chi connectivity index (χ2n) is 7.43. The van der Waals surface area contributed by atoms with E-state index in [0.717, 1.165) is 17.7 Å². The summed E-state index contributed by atoms with van der Waals surface area (Å²) in [6.07, 6.45) is 3.09. The number of ether oxygens (including phenoxy) is 1. The fraction of sp³-hybridized carbons (Fsp3) is 0.261. The van der Waals surface area contributed by atoms with Gasteiger partial charge in [-0.1, -0.05) is 6.07 Å². The predicted molar refractivity (Wildman–Crippen MR) is 116 cm³/mol. The lowest BCUT2D eigenvalue weighted by Crippen LogP contribution is -2.24. The van der Waals surface area contributed by atoms with E-state index in [1.54, 1.807) is 36.5 Å². The van der Waals surface area contributed by atoms with Crippen LogP contribution in [0, 0.1) is 23.1 Å². The summed E-state index contributed by atoms with van der Waals surface area (Å²) in [6.45, 7) is 1.67. The number of nitriles is 1. The summed E-state index contributed by atoms with van der Waals surface area (Å²) in [5.74, 6) is -0.593. The summed E-state index contributed by atoms with van der Waals surface area (Å²) < 4.78 is 24.7. The molecule has 1 aliphatic carbocycles. The molecule has 1 aromatic carbocycles. The van der Waals surface area contributed by atoms with Crippen molar-refractivity contribution < 1.29 is 18.7 Å². The summed E-state index contributed by atoms with van der Waals surface area (Å²) >= 11 is 1.23. The largest absolute Gasteiger partial charge is 0.484 e. The van der Waals surface area contributed by atoms with Gasteiger partial charge in [0.25, 0.3) is 5.91 Å². The van der Waals surface area contributed by atoms with Crippen LogP contribution in [0.2, 0.25) is 0 Å². The molecule has 0 unspecified atom stereocenters. The monoisotopic (exact) mass is 450 g/mol. The third-order valence-corrected chi connectivity index (χ3v) is 5.96. The third kappa shape index (κ3) is 4.81. The van der Waals surface area contributed by atoms with Gasteiger partial charge < -0.3 is 10.1 Å². The van der Waals surface area contributed by atoms with Crippen molar-refractivity contribution in [1.82, 2.24) is 14.7 Å². The number of hydrogen-bond donors (Lipinski definition) is 1. The van der Waals surface area contributed by atoms with Crippen LogP contribution in [-0.2, 0) is 0 Å². The SMILES string of the molecule is C[C@@H](Oc1ccc(C(=O)C2CC2)nc1)c1cc(-c2ccc(C(=O)NCC#N)c(F)c2)ns1. The lowest BCUT2D eigenvalue weighted by Gasteiger charge is -2.12. The number of aromatic nitrogens is 2. The van der Waals surface area contributed by atoms with Crippen molar-refractivity contribution in [3.63, 3.8) is 0 Å². The van der Waals surface area contributed by atoms with E-state index in [9.17, 15) is 14.0 Å². The predicted octanol–water partition coefficient (Wildman–Crippen LogP) is 4.33. The number of benzene rings is 1. The fourth-order valence-electron chi connectivity index (χ4n) is 3.10. The van der Waals surface area contributed by atoms with Crippen molar-refractivity contribution in [3.8, 4) is 23.1 Å². The van der Waals surface area contributed by atoms with Crippen LogP contribution in [0.25, 0.3) is 11.3 Å². The number of nitrogens with zero attached hydrogens (tertiary/aromatic N) is 3. The average molecular weight is 450 g/mol. The van der Waals surface area contributed by atoms with E-state index < -0.39 is 11.7 Å². The summed E-state index contributed by atoms with van der Waals surface area (Å²) in [5, 5.41) is 10.8. The maximum absolute atomic E-state index is 14.4. The zero-order valence-electron chi connectivity index (χ0n) is 17.2. The molecule has 2 aromatic heterocycles. The molecule has 1 N–H and O–H groups in total. The Balaban J connectivity index is 1.43. The Labute approximate surface area is 188 Å². The molecule has 0 radical (unpaired) electrons. The third-order valence-electron chi connectivity index (χ3n) is 5.02. The van der Waals surface area contributed by atoms with Crippen molar-refractivity contribution in [3.05, 3.63) is 64.5 Å². The minimum atomic E-state index is -0.691. The van der Waals surface area contributed by atoms with Crippen molar-refractivity contribution in [2.24, 2.45) is 5.92 Å². The summed E-state index contributed by atoms with van der Waals surface area (Å²) in [5.41, 5.74) is 1.41. The van der Waals surface area contributed by atoms with E-state index in [2.05, 4.69) is 14.7 Å². The first-order valence-electron chi connectivity index (χ1n) is 10.0. The Kier molecular flexibility index (Phi) is 6.23. The number of hydrogen-bond acceptors (Lipinski definition) is 7. The van der Waals surface area contributed by atoms with Crippen molar-refractivity contribution in [2.75, 3.05) is 6.54 Å². The zero-order chi connectivity index (χ0) is 22.7. The van der Waals surface area contributed by atoms with Gasteiger partial charge in [0.1, 0.15) is 29.9 Å². The van der Waals surface area contributed by atoms with Crippen LogP contribution in [0.15, 0.2) is 42.6 Å². The van der Waals surface area contributed by atoms with Crippen LogP contribution in [0.3, 0.4) is 0 Å². The first-order chi connectivity index (χ1) is 15.5. The average Bonchev–Trinajstić information content (AvgIpc) is 3.53. The quantitative estimate of drug-likeness (QED) is 0.405. The number of carbonyl (C=O) groups excluding carboxylic acids is 2. The number of carbonyl (C=O) groups is 2. The summed E-state index contributed by atoms with van der Waals surface area (Å²) in [6, 6.07) is 11.2.